The zero-order valence-corrected chi connectivity index (χ0v) is 16.2. The molecule has 0 fully saturated rings. The lowest BCUT2D eigenvalue weighted by molar-refractivity contribution is 0.0991. The topological polar surface area (TPSA) is 124 Å². The number of hydrogen-bond donors (Lipinski definition) is 4. The molecule has 0 aliphatic rings. The molecule has 0 spiro atoms. The smallest absolute Gasteiger partial charge is 0.240 e. The van der Waals surface area contributed by atoms with Crippen LogP contribution in [0.4, 0.5) is 5.69 Å². The largest absolute Gasteiger partial charge is 0.494 e. The number of aliphatic hydroxyl groups is 1. The molecule has 0 aliphatic heterocycles. The molecule has 0 amide bonds. The molecule has 0 bridgehead atoms. The molecule has 8 nitrogen and oxygen atoms in total. The van der Waals surface area contributed by atoms with E-state index in [0.29, 0.717) is 27.9 Å². The van der Waals surface area contributed by atoms with E-state index in [2.05, 4.69) is 14.7 Å². The van der Waals surface area contributed by atoms with E-state index in [9.17, 15) is 13.5 Å². The van der Waals surface area contributed by atoms with Crippen LogP contribution >= 0.6 is 0 Å². The number of aliphatic hydroxyl groups excluding tert-OH is 1. The summed E-state index contributed by atoms with van der Waals surface area (Å²) in [7, 11) is -3.68. The lowest BCUT2D eigenvalue weighted by atomic mass is 10.2. The number of nitrogens with zero attached hydrogens (tertiary/aromatic N) is 1. The fourth-order valence-electron chi connectivity index (χ4n) is 2.74. The third kappa shape index (κ3) is 4.16. The van der Waals surface area contributed by atoms with E-state index >= 15 is 0 Å². The Hall–Kier alpha value is -2.88. The average molecular weight is 403 g/mol. The van der Waals surface area contributed by atoms with E-state index in [-0.39, 0.29) is 16.8 Å². The van der Waals surface area contributed by atoms with Crippen molar-refractivity contribution in [3.8, 4) is 11.6 Å². The maximum Gasteiger partial charge on any atom is 0.240 e. The minimum Gasteiger partial charge on any atom is -0.494 e. The quantitative estimate of drug-likeness (QED) is 0.357. The maximum absolute atomic E-state index is 12.4. The molecule has 1 aromatic heterocycles. The summed E-state index contributed by atoms with van der Waals surface area (Å²) in [5.74, 6) is 0.246. The van der Waals surface area contributed by atoms with Gasteiger partial charge in [0.25, 0.3) is 0 Å². The second-order valence-electron chi connectivity index (χ2n) is 6.37. The van der Waals surface area contributed by atoms with Crippen molar-refractivity contribution >= 4 is 32.8 Å². The predicted octanol–water partition coefficient (Wildman–Crippen LogP) is 2.64. The first-order valence-electron chi connectivity index (χ1n) is 8.55. The van der Waals surface area contributed by atoms with Crippen molar-refractivity contribution in [1.82, 2.24) is 9.71 Å². The minimum absolute atomic E-state index is 0.0892. The number of ether oxygens (including phenoxy) is 1. The van der Waals surface area contributed by atoms with Crippen LogP contribution in [0.2, 0.25) is 0 Å². The van der Waals surface area contributed by atoms with Crippen LogP contribution in [0, 0.1) is 0 Å². The van der Waals surface area contributed by atoms with Crippen LogP contribution < -0.4 is 9.46 Å². The van der Waals surface area contributed by atoms with Crippen molar-refractivity contribution in [2.45, 2.75) is 24.8 Å². The third-order valence-electron chi connectivity index (χ3n) is 3.91. The van der Waals surface area contributed by atoms with Crippen molar-refractivity contribution in [2.24, 2.45) is 4.99 Å². The van der Waals surface area contributed by atoms with Gasteiger partial charge in [0.2, 0.25) is 10.0 Å². The van der Waals surface area contributed by atoms with Crippen molar-refractivity contribution in [1.29, 1.82) is 0 Å². The zero-order valence-electron chi connectivity index (χ0n) is 15.4. The standard InChI is InChI=1S/C19H21N3O5S/c1-12(2)22-28(25,26)13-7-8-16-14(9-13)15(19(24)21-16)10-20-17-5-3-4-6-18(17)27-11-23/h3-10,12,21-24H,11H2,1-2H3. The van der Waals surface area contributed by atoms with Crippen LogP contribution in [0.1, 0.15) is 19.4 Å². The molecule has 0 saturated heterocycles. The van der Waals surface area contributed by atoms with Gasteiger partial charge in [-0.25, -0.2) is 13.1 Å². The van der Waals surface area contributed by atoms with Crippen LogP contribution in [-0.2, 0) is 10.0 Å². The van der Waals surface area contributed by atoms with Crippen molar-refractivity contribution < 1.29 is 23.4 Å². The highest BCUT2D eigenvalue weighted by Gasteiger charge is 2.18. The molecule has 0 radical (unpaired) electrons. The summed E-state index contributed by atoms with van der Waals surface area (Å²) >= 11 is 0. The SMILES string of the molecule is CC(C)NS(=O)(=O)c1ccc2[nH]c(O)c(C=Nc3ccccc3OCO)c2c1. The number of aromatic nitrogens is 1. The number of para-hydroxylation sites is 2. The summed E-state index contributed by atoms with van der Waals surface area (Å²) in [6.07, 6.45) is 1.42. The number of H-pyrrole nitrogens is 1. The summed E-state index contributed by atoms with van der Waals surface area (Å²) in [5.41, 5.74) is 1.37. The zero-order chi connectivity index (χ0) is 20.3. The molecule has 0 saturated carbocycles. The van der Waals surface area contributed by atoms with Gasteiger partial charge in [0, 0.05) is 23.2 Å². The van der Waals surface area contributed by atoms with Gasteiger partial charge >= 0.3 is 0 Å². The number of aliphatic imine (C=N–C) groups is 1. The molecule has 1 heterocycles. The van der Waals surface area contributed by atoms with Crippen molar-refractivity contribution in [2.75, 3.05) is 6.79 Å². The van der Waals surface area contributed by atoms with Crippen molar-refractivity contribution in [3.63, 3.8) is 0 Å². The molecule has 0 aliphatic carbocycles. The molecule has 3 rings (SSSR count). The number of fused-ring (bicyclic) bond motifs is 1. The highest BCUT2D eigenvalue weighted by Crippen LogP contribution is 2.30. The number of nitrogens with one attached hydrogen (secondary N) is 2. The van der Waals surface area contributed by atoms with Crippen LogP contribution in [0.5, 0.6) is 11.6 Å². The van der Waals surface area contributed by atoms with Crippen LogP contribution in [-0.4, -0.2) is 42.7 Å². The molecule has 9 heteroatoms. The first kappa shape index (κ1) is 19.9. The highest BCUT2D eigenvalue weighted by atomic mass is 32.2. The first-order valence-corrected chi connectivity index (χ1v) is 10.0. The Morgan fingerprint density at radius 3 is 2.71 bits per heavy atom. The van der Waals surface area contributed by atoms with Gasteiger partial charge in [0.05, 0.1) is 10.5 Å². The summed E-state index contributed by atoms with van der Waals surface area (Å²) in [4.78, 5) is 7.20. The number of sulfonamides is 1. The van der Waals surface area contributed by atoms with Gasteiger partial charge < -0.3 is 19.9 Å². The van der Waals surface area contributed by atoms with E-state index in [1.807, 2.05) is 0 Å². The van der Waals surface area contributed by atoms with Gasteiger partial charge in [0.1, 0.15) is 11.4 Å². The normalized spacial score (nSPS) is 12.3. The molecule has 28 heavy (non-hydrogen) atoms. The second kappa shape index (κ2) is 8.01. The number of aromatic hydroxyl groups is 1. The first-order chi connectivity index (χ1) is 13.3. The van der Waals surface area contributed by atoms with E-state index < -0.39 is 16.8 Å². The maximum atomic E-state index is 12.4. The van der Waals surface area contributed by atoms with Crippen LogP contribution in [0.3, 0.4) is 0 Å². The number of benzene rings is 2. The van der Waals surface area contributed by atoms with Crippen LogP contribution in [0.25, 0.3) is 10.9 Å². The number of rotatable bonds is 7. The summed E-state index contributed by atoms with van der Waals surface area (Å²) in [5, 5.41) is 19.7. The van der Waals surface area contributed by atoms with Gasteiger partial charge in [-0.1, -0.05) is 12.1 Å². The fraction of sp³-hybridized carbons (Fsp3) is 0.211. The third-order valence-corrected chi connectivity index (χ3v) is 5.56. The Kier molecular flexibility index (Phi) is 5.68. The van der Waals surface area contributed by atoms with Crippen molar-refractivity contribution in [3.05, 3.63) is 48.0 Å². The Morgan fingerprint density at radius 2 is 2.00 bits per heavy atom. The Bertz CT molecular complexity index is 1120. The van der Waals surface area contributed by atoms with E-state index in [1.54, 1.807) is 44.2 Å². The molecular formula is C19H21N3O5S. The highest BCUT2D eigenvalue weighted by molar-refractivity contribution is 7.89. The summed E-state index contributed by atoms with van der Waals surface area (Å²) < 4.78 is 32.5. The summed E-state index contributed by atoms with van der Waals surface area (Å²) in [6.45, 7) is 2.99. The molecule has 2 aromatic carbocycles. The van der Waals surface area contributed by atoms with E-state index in [4.69, 9.17) is 9.84 Å². The summed E-state index contributed by atoms with van der Waals surface area (Å²) in [6, 6.07) is 11.1. The molecule has 3 aromatic rings. The van der Waals surface area contributed by atoms with E-state index in [1.165, 1.54) is 18.3 Å². The van der Waals surface area contributed by atoms with Gasteiger partial charge in [-0.05, 0) is 44.2 Å². The van der Waals surface area contributed by atoms with E-state index in [0.717, 1.165) is 0 Å². The number of hydrogen-bond acceptors (Lipinski definition) is 6. The Labute approximate surface area is 162 Å². The fourth-order valence-corrected chi connectivity index (χ4v) is 4.02. The lowest BCUT2D eigenvalue weighted by Crippen LogP contribution is -2.30. The average Bonchev–Trinajstić information content (AvgIpc) is 2.94. The molecule has 0 unspecified atom stereocenters. The Morgan fingerprint density at radius 1 is 1.25 bits per heavy atom. The predicted molar refractivity (Wildman–Crippen MR) is 107 cm³/mol. The second-order valence-corrected chi connectivity index (χ2v) is 8.08. The lowest BCUT2D eigenvalue weighted by Gasteiger charge is -2.09. The molecule has 148 valence electrons. The van der Waals surface area contributed by atoms with Gasteiger partial charge in [-0.3, -0.25) is 4.99 Å². The monoisotopic (exact) mass is 403 g/mol. The molecule has 0 atom stereocenters. The number of aromatic amines is 1. The van der Waals surface area contributed by atoms with Gasteiger partial charge in [-0.2, -0.15) is 0 Å². The Balaban J connectivity index is 2.04. The van der Waals surface area contributed by atoms with Crippen LogP contribution in [0.15, 0.2) is 52.4 Å². The minimum atomic E-state index is -3.68. The van der Waals surface area contributed by atoms with Gasteiger partial charge in [-0.15, -0.1) is 0 Å². The molecule has 4 N–H and O–H groups in total. The van der Waals surface area contributed by atoms with Gasteiger partial charge in [0.15, 0.2) is 12.7 Å². The molecular weight excluding hydrogens is 382 g/mol.